The highest BCUT2D eigenvalue weighted by Gasteiger charge is 2.27. The van der Waals surface area contributed by atoms with E-state index in [0.29, 0.717) is 0 Å². The first-order chi connectivity index (χ1) is 8.29. The Kier molecular flexibility index (Phi) is 5.16. The number of halogens is 3. The first-order valence-electron chi connectivity index (χ1n) is 5.69. The second-order valence-electron chi connectivity index (χ2n) is 4.33. The summed E-state index contributed by atoms with van der Waals surface area (Å²) in [5, 5.41) is 9.89. The summed E-state index contributed by atoms with van der Waals surface area (Å²) in [4.78, 5) is 0. The maximum absolute atomic E-state index is 11.8. The van der Waals surface area contributed by atoms with E-state index in [-0.39, 0.29) is 13.0 Å². The van der Waals surface area contributed by atoms with Crippen molar-refractivity contribution in [1.29, 1.82) is 0 Å². The molecule has 1 N–H and O–H groups in total. The number of benzene rings is 1. The van der Waals surface area contributed by atoms with Crippen molar-refractivity contribution in [1.82, 2.24) is 0 Å². The third-order valence-corrected chi connectivity index (χ3v) is 2.60. The molecule has 0 radical (unpaired) electrons. The van der Waals surface area contributed by atoms with Crippen LogP contribution in [-0.4, -0.2) is 24.5 Å². The van der Waals surface area contributed by atoms with Crippen molar-refractivity contribution in [3.05, 3.63) is 34.9 Å². The maximum Gasteiger partial charge on any atom is 0.411 e. The van der Waals surface area contributed by atoms with Crippen LogP contribution in [-0.2, 0) is 4.74 Å². The van der Waals surface area contributed by atoms with E-state index in [9.17, 15) is 18.3 Å². The maximum atomic E-state index is 11.8. The first-order valence-corrected chi connectivity index (χ1v) is 5.69. The van der Waals surface area contributed by atoms with Crippen molar-refractivity contribution in [3.63, 3.8) is 0 Å². The highest BCUT2D eigenvalue weighted by atomic mass is 19.4. The molecule has 0 fully saturated rings. The van der Waals surface area contributed by atoms with Crippen molar-refractivity contribution in [3.8, 4) is 0 Å². The summed E-state index contributed by atoms with van der Waals surface area (Å²) in [5.41, 5.74) is 2.67. The number of aliphatic hydroxyl groups excluding tert-OH is 1. The van der Waals surface area contributed by atoms with Gasteiger partial charge in [-0.2, -0.15) is 13.2 Å². The minimum Gasteiger partial charge on any atom is -0.388 e. The van der Waals surface area contributed by atoms with Gasteiger partial charge in [-0.15, -0.1) is 0 Å². The molecular weight excluding hydrogens is 245 g/mol. The summed E-state index contributed by atoms with van der Waals surface area (Å²) in [6.45, 7) is 2.37. The average Bonchev–Trinajstić information content (AvgIpc) is 2.26. The van der Waals surface area contributed by atoms with Crippen LogP contribution in [0.15, 0.2) is 18.2 Å². The van der Waals surface area contributed by atoms with Crippen molar-refractivity contribution in [2.24, 2.45) is 0 Å². The molecule has 2 nitrogen and oxygen atoms in total. The van der Waals surface area contributed by atoms with Crippen LogP contribution in [0.1, 0.15) is 29.2 Å². The molecule has 18 heavy (non-hydrogen) atoms. The molecule has 0 amide bonds. The Morgan fingerprint density at radius 1 is 1.28 bits per heavy atom. The van der Waals surface area contributed by atoms with Gasteiger partial charge in [-0.05, 0) is 25.0 Å². The molecule has 5 heteroatoms. The van der Waals surface area contributed by atoms with Crippen molar-refractivity contribution in [2.75, 3.05) is 13.2 Å². The van der Waals surface area contributed by atoms with E-state index < -0.39 is 18.9 Å². The van der Waals surface area contributed by atoms with Gasteiger partial charge in [0.2, 0.25) is 0 Å². The number of hydrogen-bond acceptors (Lipinski definition) is 2. The SMILES string of the molecule is Cc1ccc(C)c(C(O)CCOCC(F)(F)F)c1. The van der Waals surface area contributed by atoms with Crippen molar-refractivity contribution in [2.45, 2.75) is 32.5 Å². The van der Waals surface area contributed by atoms with Crippen LogP contribution in [0, 0.1) is 13.8 Å². The van der Waals surface area contributed by atoms with Crippen LogP contribution < -0.4 is 0 Å². The fraction of sp³-hybridized carbons (Fsp3) is 0.538. The third-order valence-electron chi connectivity index (χ3n) is 2.60. The Labute approximate surface area is 104 Å². The van der Waals surface area contributed by atoms with E-state index >= 15 is 0 Å². The van der Waals surface area contributed by atoms with E-state index in [1.54, 1.807) is 0 Å². The smallest absolute Gasteiger partial charge is 0.388 e. The lowest BCUT2D eigenvalue weighted by molar-refractivity contribution is -0.175. The fourth-order valence-electron chi connectivity index (χ4n) is 1.66. The molecule has 0 heterocycles. The largest absolute Gasteiger partial charge is 0.411 e. The Morgan fingerprint density at radius 2 is 1.94 bits per heavy atom. The van der Waals surface area contributed by atoms with Gasteiger partial charge >= 0.3 is 6.18 Å². The van der Waals surface area contributed by atoms with Gasteiger partial charge in [0.05, 0.1) is 6.10 Å². The molecule has 1 atom stereocenters. The lowest BCUT2D eigenvalue weighted by atomic mass is 9.99. The van der Waals surface area contributed by atoms with Gasteiger partial charge in [-0.3, -0.25) is 0 Å². The Morgan fingerprint density at radius 3 is 2.56 bits per heavy atom. The highest BCUT2D eigenvalue weighted by molar-refractivity contribution is 5.32. The fourth-order valence-corrected chi connectivity index (χ4v) is 1.66. The molecule has 0 bridgehead atoms. The summed E-state index contributed by atoms with van der Waals surface area (Å²) < 4.78 is 40.0. The van der Waals surface area contributed by atoms with E-state index in [0.717, 1.165) is 16.7 Å². The molecule has 0 saturated carbocycles. The molecule has 0 aliphatic rings. The van der Waals surface area contributed by atoms with Crippen LogP contribution >= 0.6 is 0 Å². The molecule has 102 valence electrons. The van der Waals surface area contributed by atoms with Gasteiger partial charge in [0.15, 0.2) is 0 Å². The standard InChI is InChI=1S/C13H17F3O2/c1-9-3-4-10(2)11(7-9)12(17)5-6-18-8-13(14,15)16/h3-4,7,12,17H,5-6,8H2,1-2H3. The van der Waals surface area contributed by atoms with Crippen LogP contribution in [0.4, 0.5) is 13.2 Å². The first kappa shape index (κ1) is 15.0. The van der Waals surface area contributed by atoms with Crippen LogP contribution in [0.3, 0.4) is 0 Å². The second-order valence-corrected chi connectivity index (χ2v) is 4.33. The monoisotopic (exact) mass is 262 g/mol. The molecule has 0 spiro atoms. The molecule has 0 saturated heterocycles. The second kappa shape index (κ2) is 6.20. The van der Waals surface area contributed by atoms with E-state index in [2.05, 4.69) is 4.74 Å². The average molecular weight is 262 g/mol. The van der Waals surface area contributed by atoms with E-state index in [1.807, 2.05) is 32.0 Å². The predicted octanol–water partition coefficient (Wildman–Crippen LogP) is 3.31. The number of ether oxygens (including phenoxy) is 1. The quantitative estimate of drug-likeness (QED) is 0.825. The molecule has 1 rings (SSSR count). The summed E-state index contributed by atoms with van der Waals surface area (Å²) in [7, 11) is 0. The molecule has 0 aliphatic heterocycles. The predicted molar refractivity (Wildman–Crippen MR) is 62.4 cm³/mol. The Balaban J connectivity index is 2.45. The molecule has 1 aromatic rings. The number of rotatable bonds is 5. The molecule has 1 unspecified atom stereocenters. The summed E-state index contributed by atoms with van der Waals surface area (Å²) in [6.07, 6.45) is -4.96. The number of hydrogen-bond donors (Lipinski definition) is 1. The van der Waals surface area contributed by atoms with Crippen molar-refractivity contribution >= 4 is 0 Å². The molecular formula is C13H17F3O2. The third kappa shape index (κ3) is 5.06. The van der Waals surface area contributed by atoms with Gasteiger partial charge in [0, 0.05) is 13.0 Å². The van der Waals surface area contributed by atoms with E-state index in [4.69, 9.17) is 0 Å². The van der Waals surface area contributed by atoms with Crippen LogP contribution in [0.2, 0.25) is 0 Å². The summed E-state index contributed by atoms with van der Waals surface area (Å²) >= 11 is 0. The van der Waals surface area contributed by atoms with Crippen LogP contribution in [0.25, 0.3) is 0 Å². The van der Waals surface area contributed by atoms with Crippen molar-refractivity contribution < 1.29 is 23.0 Å². The molecule has 0 aliphatic carbocycles. The number of aliphatic hydroxyl groups is 1. The lowest BCUT2D eigenvalue weighted by Crippen LogP contribution is -2.18. The normalized spacial score (nSPS) is 13.7. The van der Waals surface area contributed by atoms with Gasteiger partial charge in [-0.25, -0.2) is 0 Å². The minimum absolute atomic E-state index is 0.117. The molecule has 0 aromatic heterocycles. The Hall–Kier alpha value is -1.07. The zero-order chi connectivity index (χ0) is 13.8. The van der Waals surface area contributed by atoms with Gasteiger partial charge in [0.1, 0.15) is 6.61 Å². The zero-order valence-corrected chi connectivity index (χ0v) is 10.4. The number of alkyl halides is 3. The minimum atomic E-state index is -4.32. The van der Waals surface area contributed by atoms with Gasteiger partial charge < -0.3 is 9.84 Å². The molecule has 1 aromatic carbocycles. The lowest BCUT2D eigenvalue weighted by Gasteiger charge is -2.15. The summed E-state index contributed by atoms with van der Waals surface area (Å²) in [6, 6.07) is 5.64. The van der Waals surface area contributed by atoms with Crippen LogP contribution in [0.5, 0.6) is 0 Å². The van der Waals surface area contributed by atoms with Gasteiger partial charge in [0.25, 0.3) is 0 Å². The summed E-state index contributed by atoms with van der Waals surface area (Å²) in [5.74, 6) is 0. The number of aryl methyl sites for hydroxylation is 2. The highest BCUT2D eigenvalue weighted by Crippen LogP contribution is 2.22. The topological polar surface area (TPSA) is 29.5 Å². The van der Waals surface area contributed by atoms with Gasteiger partial charge in [-0.1, -0.05) is 23.8 Å². The Bertz CT molecular complexity index is 388. The zero-order valence-electron chi connectivity index (χ0n) is 10.4. The van der Waals surface area contributed by atoms with E-state index in [1.165, 1.54) is 0 Å².